The number of nitrogens with zero attached hydrogens (tertiary/aromatic N) is 1. The van der Waals surface area contributed by atoms with Crippen molar-refractivity contribution < 1.29 is 10.3 Å². The van der Waals surface area contributed by atoms with E-state index in [0.717, 1.165) is 6.42 Å². The van der Waals surface area contributed by atoms with Gasteiger partial charge >= 0.3 is 0 Å². The molecule has 0 radical (unpaired) electrons. The number of aryl methyl sites for hydroxylation is 1. The average Bonchev–Trinajstić information content (AvgIpc) is 2.41. The van der Waals surface area contributed by atoms with E-state index in [1.807, 2.05) is 12.1 Å². The second kappa shape index (κ2) is 12.9. The largest absolute Gasteiger partial charge is 0.508 e. The predicted molar refractivity (Wildman–Crippen MR) is 81.1 cm³/mol. The van der Waals surface area contributed by atoms with Gasteiger partial charge in [0.25, 0.3) is 0 Å². The van der Waals surface area contributed by atoms with Gasteiger partial charge in [-0.15, -0.1) is 5.16 Å². The quantitative estimate of drug-likeness (QED) is 0.308. The first-order valence-corrected chi connectivity index (χ1v) is 7.12. The highest BCUT2D eigenvalue weighted by molar-refractivity contribution is 5.25. The molecule has 3 heteroatoms. The number of benzene rings is 1. The van der Waals surface area contributed by atoms with Gasteiger partial charge in [0.15, 0.2) is 0 Å². The van der Waals surface area contributed by atoms with Gasteiger partial charge in [-0.3, -0.25) is 0 Å². The minimum Gasteiger partial charge on any atom is -0.508 e. The van der Waals surface area contributed by atoms with Crippen LogP contribution in [-0.4, -0.2) is 17.0 Å². The Morgan fingerprint density at radius 3 is 1.95 bits per heavy atom. The average molecular weight is 265 g/mol. The van der Waals surface area contributed by atoms with Crippen LogP contribution in [0.3, 0.4) is 0 Å². The lowest BCUT2D eigenvalue weighted by Crippen LogP contribution is -1.85. The van der Waals surface area contributed by atoms with Gasteiger partial charge in [0.05, 0.1) is 0 Å². The molecule has 0 aliphatic heterocycles. The molecule has 0 fully saturated rings. The summed E-state index contributed by atoms with van der Waals surface area (Å²) in [6, 6.07) is 7.59. The van der Waals surface area contributed by atoms with E-state index in [1.54, 1.807) is 12.1 Å². The van der Waals surface area contributed by atoms with E-state index >= 15 is 0 Å². The maximum atomic E-state index is 9.15. The van der Waals surface area contributed by atoms with Crippen molar-refractivity contribution in [3.05, 3.63) is 29.8 Å². The molecule has 0 bridgehead atoms. The second-order valence-corrected chi connectivity index (χ2v) is 4.68. The summed E-state index contributed by atoms with van der Waals surface area (Å²) in [4.78, 5) is 0. The van der Waals surface area contributed by atoms with Gasteiger partial charge in [-0.2, -0.15) is 0 Å². The van der Waals surface area contributed by atoms with Crippen LogP contribution in [0.1, 0.15) is 57.4 Å². The van der Waals surface area contributed by atoms with Gasteiger partial charge in [0.1, 0.15) is 5.75 Å². The fourth-order valence-electron chi connectivity index (χ4n) is 1.95. The minimum atomic E-state index is 0.364. The van der Waals surface area contributed by atoms with Crippen LogP contribution in [-0.2, 0) is 6.42 Å². The topological polar surface area (TPSA) is 52.8 Å². The fourth-order valence-corrected chi connectivity index (χ4v) is 1.95. The van der Waals surface area contributed by atoms with Crippen molar-refractivity contribution in [3.63, 3.8) is 0 Å². The summed E-state index contributed by atoms with van der Waals surface area (Å²) >= 11 is 0. The Balaban J connectivity index is 0.000000982. The number of hydrogen-bond acceptors (Lipinski definition) is 3. The molecule has 0 aromatic heterocycles. The van der Waals surface area contributed by atoms with E-state index in [2.05, 4.69) is 18.8 Å². The highest BCUT2D eigenvalue weighted by Crippen LogP contribution is 2.13. The molecule has 0 unspecified atom stereocenters. The van der Waals surface area contributed by atoms with Crippen molar-refractivity contribution >= 4 is 6.72 Å². The van der Waals surface area contributed by atoms with E-state index in [0.29, 0.717) is 5.75 Å². The Kier molecular flexibility index (Phi) is 11.9. The van der Waals surface area contributed by atoms with Crippen LogP contribution in [0.4, 0.5) is 0 Å². The summed E-state index contributed by atoms with van der Waals surface area (Å²) in [6.45, 7) is 4.92. The van der Waals surface area contributed by atoms with Crippen molar-refractivity contribution in [2.24, 2.45) is 5.16 Å². The maximum absolute atomic E-state index is 9.15. The van der Waals surface area contributed by atoms with E-state index in [9.17, 15) is 0 Å². The molecule has 0 amide bonds. The first-order valence-electron chi connectivity index (χ1n) is 7.12. The summed E-state index contributed by atoms with van der Waals surface area (Å²) < 4.78 is 0. The summed E-state index contributed by atoms with van der Waals surface area (Å²) in [6.07, 6.45) is 10.6. The molecule has 0 aliphatic carbocycles. The van der Waals surface area contributed by atoms with Crippen LogP contribution in [0.25, 0.3) is 0 Å². The second-order valence-electron chi connectivity index (χ2n) is 4.68. The lowest BCUT2D eigenvalue weighted by molar-refractivity contribution is 0.323. The minimum absolute atomic E-state index is 0.364. The molecule has 0 saturated carbocycles. The summed E-state index contributed by atoms with van der Waals surface area (Å²) in [5.74, 6) is 0.364. The van der Waals surface area contributed by atoms with E-state index in [1.165, 1.54) is 50.5 Å². The Hall–Kier alpha value is -1.51. The molecule has 108 valence electrons. The highest BCUT2D eigenvalue weighted by Gasteiger charge is 1.94. The lowest BCUT2D eigenvalue weighted by Gasteiger charge is -2.02. The van der Waals surface area contributed by atoms with Crippen molar-refractivity contribution in [1.29, 1.82) is 0 Å². The zero-order valence-electron chi connectivity index (χ0n) is 12.0. The van der Waals surface area contributed by atoms with Crippen LogP contribution in [0.15, 0.2) is 29.4 Å². The fraction of sp³-hybridized carbons (Fsp3) is 0.562. The van der Waals surface area contributed by atoms with E-state index in [-0.39, 0.29) is 0 Å². The molecule has 19 heavy (non-hydrogen) atoms. The Bertz CT molecular complexity index is 309. The third-order valence-corrected chi connectivity index (χ3v) is 3.01. The predicted octanol–water partition coefficient (Wildman–Crippen LogP) is 4.76. The molecule has 0 heterocycles. The smallest absolute Gasteiger partial charge is 0.115 e. The van der Waals surface area contributed by atoms with Gasteiger partial charge in [-0.05, 0) is 30.5 Å². The monoisotopic (exact) mass is 265 g/mol. The molecule has 1 aromatic carbocycles. The normalized spacial score (nSPS) is 9.53. The molecule has 3 nitrogen and oxygen atoms in total. The molecular formula is C16H27NO2. The number of phenolic OH excluding ortho intramolecular Hbond substituents is 1. The van der Waals surface area contributed by atoms with Gasteiger partial charge in [0.2, 0.25) is 0 Å². The zero-order chi connectivity index (χ0) is 14.3. The number of oxime groups is 1. The van der Waals surface area contributed by atoms with Crippen LogP contribution >= 0.6 is 0 Å². The third-order valence-electron chi connectivity index (χ3n) is 3.01. The molecule has 1 aromatic rings. The van der Waals surface area contributed by atoms with Gasteiger partial charge < -0.3 is 10.3 Å². The summed E-state index contributed by atoms with van der Waals surface area (Å²) in [7, 11) is 0. The zero-order valence-corrected chi connectivity index (χ0v) is 12.0. The van der Waals surface area contributed by atoms with Crippen LogP contribution in [0.5, 0.6) is 5.75 Å². The highest BCUT2D eigenvalue weighted by atomic mass is 16.4. The van der Waals surface area contributed by atoms with Crippen molar-refractivity contribution in [2.45, 2.75) is 58.3 Å². The van der Waals surface area contributed by atoms with E-state index < -0.39 is 0 Å². The Labute approximate surface area is 117 Å². The van der Waals surface area contributed by atoms with Crippen LogP contribution < -0.4 is 0 Å². The summed E-state index contributed by atoms with van der Waals surface area (Å²) in [5, 5.41) is 18.5. The molecule has 0 atom stereocenters. The molecule has 2 N–H and O–H groups in total. The Morgan fingerprint density at radius 1 is 0.947 bits per heavy atom. The SMILES string of the molecule is C=NO.CCCCCCCCCc1ccc(O)cc1. The van der Waals surface area contributed by atoms with Crippen molar-refractivity contribution in [2.75, 3.05) is 0 Å². The standard InChI is InChI=1S/C15H24O.CH3NO/c1-2-3-4-5-6-7-8-9-14-10-12-15(16)13-11-14;1-2-3/h10-13,16H,2-9H2,1H3;3H,1H2. The number of rotatable bonds is 8. The van der Waals surface area contributed by atoms with Crippen molar-refractivity contribution in [1.82, 2.24) is 0 Å². The first kappa shape index (κ1) is 17.5. The molecule has 0 spiro atoms. The van der Waals surface area contributed by atoms with E-state index in [4.69, 9.17) is 10.3 Å². The molecular weight excluding hydrogens is 238 g/mol. The maximum Gasteiger partial charge on any atom is 0.115 e. The van der Waals surface area contributed by atoms with Gasteiger partial charge in [-0.1, -0.05) is 57.6 Å². The number of unbranched alkanes of at least 4 members (excludes halogenated alkanes) is 6. The van der Waals surface area contributed by atoms with Crippen molar-refractivity contribution in [3.8, 4) is 5.75 Å². The molecule has 0 aliphatic rings. The lowest BCUT2D eigenvalue weighted by atomic mass is 10.0. The number of phenols is 1. The number of aromatic hydroxyl groups is 1. The van der Waals surface area contributed by atoms with Gasteiger partial charge in [0, 0.05) is 6.72 Å². The number of hydrogen-bond donors (Lipinski definition) is 2. The third kappa shape index (κ3) is 11.3. The Morgan fingerprint density at radius 2 is 1.42 bits per heavy atom. The van der Waals surface area contributed by atoms with Crippen LogP contribution in [0, 0.1) is 0 Å². The molecule has 1 rings (SSSR count). The summed E-state index contributed by atoms with van der Waals surface area (Å²) in [5.41, 5.74) is 1.34. The van der Waals surface area contributed by atoms with Gasteiger partial charge in [-0.25, -0.2) is 0 Å². The van der Waals surface area contributed by atoms with Crippen LogP contribution in [0.2, 0.25) is 0 Å². The molecule has 0 saturated heterocycles. The first-order chi connectivity index (χ1) is 9.24.